The largest absolute Gasteiger partial charge is 0.416 e. The van der Waals surface area contributed by atoms with Crippen LogP contribution in [0.1, 0.15) is 37.7 Å². The molecule has 2 unspecified atom stereocenters. The van der Waals surface area contributed by atoms with Crippen LogP contribution in [-0.2, 0) is 13.6 Å². The van der Waals surface area contributed by atoms with Crippen molar-refractivity contribution >= 4 is 17.7 Å². The van der Waals surface area contributed by atoms with Crippen LogP contribution in [0.4, 0.5) is 4.79 Å². The second kappa shape index (κ2) is 9.28. The molecule has 178 valence electrons. The molecule has 5 rings (SSSR count). The maximum absolute atomic E-state index is 13.0. The van der Waals surface area contributed by atoms with Gasteiger partial charge in [0.2, 0.25) is 5.88 Å². The first-order valence-corrected chi connectivity index (χ1v) is 12.4. The highest BCUT2D eigenvalue weighted by Crippen LogP contribution is 2.52. The maximum Gasteiger partial charge on any atom is 0.416 e. The van der Waals surface area contributed by atoms with Crippen molar-refractivity contribution in [3.05, 3.63) is 47.4 Å². The van der Waals surface area contributed by atoms with E-state index in [0.717, 1.165) is 50.9 Å². The number of aromatic nitrogens is 2. The number of aliphatic hydroxyl groups is 1. The minimum absolute atomic E-state index is 0.307. The molecule has 1 amide bonds. The molecule has 0 radical (unpaired) electrons. The van der Waals surface area contributed by atoms with Gasteiger partial charge in [-0.15, -0.1) is 0 Å². The Morgan fingerprint density at radius 2 is 2.03 bits per heavy atom. The van der Waals surface area contributed by atoms with Crippen molar-refractivity contribution < 1.29 is 14.6 Å². The zero-order valence-corrected chi connectivity index (χ0v) is 20.0. The topological polar surface area (TPSA) is 70.8 Å². The maximum atomic E-state index is 13.0. The first kappa shape index (κ1) is 22.7. The smallest absolute Gasteiger partial charge is 0.389 e. The van der Waals surface area contributed by atoms with E-state index in [9.17, 15) is 9.90 Å². The lowest BCUT2D eigenvalue weighted by Crippen LogP contribution is -2.45. The van der Waals surface area contributed by atoms with E-state index < -0.39 is 5.60 Å². The van der Waals surface area contributed by atoms with Crippen LogP contribution in [0.3, 0.4) is 0 Å². The monoisotopic (exact) mass is 472 g/mol. The number of nitrogens with zero attached hydrogens (tertiary/aromatic N) is 4. The summed E-state index contributed by atoms with van der Waals surface area (Å²) in [5.41, 5.74) is 0.475. The Kier molecular flexibility index (Phi) is 6.38. The minimum Gasteiger partial charge on any atom is -0.389 e. The van der Waals surface area contributed by atoms with Crippen LogP contribution in [0.15, 0.2) is 36.8 Å². The highest BCUT2D eigenvalue weighted by molar-refractivity contribution is 6.30. The molecule has 2 atom stereocenters. The number of likely N-dealkylation sites (tertiary alicyclic amines) is 1. The average Bonchev–Trinajstić information content (AvgIpc) is 3.07. The molecule has 2 heterocycles. The Morgan fingerprint density at radius 3 is 2.70 bits per heavy atom. The third kappa shape index (κ3) is 5.36. The zero-order chi connectivity index (χ0) is 23.0. The van der Waals surface area contributed by atoms with Crippen LogP contribution in [0.25, 0.3) is 0 Å². The average molecular weight is 473 g/mol. The minimum atomic E-state index is -0.504. The van der Waals surface area contributed by atoms with Gasteiger partial charge in [0.25, 0.3) is 0 Å². The number of β-amino-alcohol motifs (C(OH)–C–C–N with tert-alkyl or cyclic N) is 1. The van der Waals surface area contributed by atoms with Gasteiger partial charge in [-0.3, -0.25) is 4.90 Å². The van der Waals surface area contributed by atoms with E-state index in [1.165, 1.54) is 6.42 Å². The van der Waals surface area contributed by atoms with Gasteiger partial charge in [0, 0.05) is 44.8 Å². The molecule has 0 bridgehead atoms. The number of carbonyl (C=O) groups excluding carboxylic acids is 1. The summed E-state index contributed by atoms with van der Waals surface area (Å²) in [5, 5.41) is 11.6. The first-order valence-electron chi connectivity index (χ1n) is 12.0. The van der Waals surface area contributed by atoms with Crippen LogP contribution in [0, 0.1) is 17.8 Å². The van der Waals surface area contributed by atoms with Crippen LogP contribution in [0.2, 0.25) is 5.02 Å². The Morgan fingerprint density at radius 1 is 1.27 bits per heavy atom. The summed E-state index contributed by atoms with van der Waals surface area (Å²) in [5.74, 6) is 1.95. The lowest BCUT2D eigenvalue weighted by Gasteiger charge is -2.36. The summed E-state index contributed by atoms with van der Waals surface area (Å²) < 4.78 is 7.32. The van der Waals surface area contributed by atoms with Crippen molar-refractivity contribution in [2.24, 2.45) is 24.8 Å². The Bertz CT molecular complexity index is 978. The molecule has 33 heavy (non-hydrogen) atoms. The van der Waals surface area contributed by atoms with Gasteiger partial charge in [-0.2, -0.15) is 0 Å². The van der Waals surface area contributed by atoms with E-state index in [0.29, 0.717) is 41.7 Å². The second-order valence-electron chi connectivity index (χ2n) is 10.2. The Labute approximate surface area is 200 Å². The Hall–Kier alpha value is -2.09. The number of halogens is 1. The van der Waals surface area contributed by atoms with Crippen molar-refractivity contribution in [2.75, 3.05) is 26.2 Å². The molecule has 2 aliphatic carbocycles. The lowest BCUT2D eigenvalue weighted by molar-refractivity contribution is -0.0246. The summed E-state index contributed by atoms with van der Waals surface area (Å²) in [6, 6.07) is 7.61. The zero-order valence-electron chi connectivity index (χ0n) is 19.2. The van der Waals surface area contributed by atoms with Crippen molar-refractivity contribution in [1.29, 1.82) is 0 Å². The van der Waals surface area contributed by atoms with Gasteiger partial charge in [-0.25, -0.2) is 9.78 Å². The lowest BCUT2D eigenvalue weighted by atomic mass is 9.84. The molecule has 3 aliphatic rings. The molecule has 2 saturated carbocycles. The van der Waals surface area contributed by atoms with E-state index in [2.05, 4.69) is 9.88 Å². The number of hydrogen-bond acceptors (Lipinski definition) is 5. The van der Waals surface area contributed by atoms with Crippen LogP contribution < -0.4 is 4.74 Å². The van der Waals surface area contributed by atoms with Crippen LogP contribution in [-0.4, -0.2) is 62.3 Å². The van der Waals surface area contributed by atoms with Crippen LogP contribution in [0.5, 0.6) is 5.88 Å². The number of ether oxygens (including phenoxy) is 1. The van der Waals surface area contributed by atoms with Crippen molar-refractivity contribution in [1.82, 2.24) is 19.4 Å². The Balaban J connectivity index is 1.20. The van der Waals surface area contributed by atoms with Gasteiger partial charge < -0.3 is 19.3 Å². The first-order chi connectivity index (χ1) is 15.9. The van der Waals surface area contributed by atoms with Crippen molar-refractivity contribution in [3.8, 4) is 5.88 Å². The summed E-state index contributed by atoms with van der Waals surface area (Å²) in [6.07, 6.45) is 8.29. The molecular weight excluding hydrogens is 440 g/mol. The fourth-order valence-electron chi connectivity index (χ4n) is 5.83. The van der Waals surface area contributed by atoms with E-state index in [1.807, 2.05) is 31.3 Å². The van der Waals surface area contributed by atoms with Crippen molar-refractivity contribution in [3.63, 3.8) is 0 Å². The number of fused-ring (bicyclic) bond motifs is 1. The number of imidazole rings is 1. The van der Waals surface area contributed by atoms with E-state index in [4.69, 9.17) is 16.3 Å². The normalized spacial score (nSPS) is 26.1. The van der Waals surface area contributed by atoms with E-state index >= 15 is 0 Å². The second-order valence-corrected chi connectivity index (χ2v) is 10.7. The third-order valence-electron chi connectivity index (χ3n) is 7.57. The van der Waals surface area contributed by atoms with Gasteiger partial charge in [-0.1, -0.05) is 43.0 Å². The van der Waals surface area contributed by atoms with Gasteiger partial charge in [-0.05, 0) is 48.3 Å². The summed E-state index contributed by atoms with van der Waals surface area (Å²) >= 11 is 6.17. The molecule has 1 aliphatic heterocycles. The highest BCUT2D eigenvalue weighted by Gasteiger charge is 2.56. The fourth-order valence-corrected chi connectivity index (χ4v) is 6.04. The third-order valence-corrected chi connectivity index (χ3v) is 7.81. The molecule has 1 N–H and O–H groups in total. The molecule has 7 nitrogen and oxygen atoms in total. The molecular formula is C25H33ClN4O3. The number of hydrogen-bond donors (Lipinski definition) is 1. The fraction of sp³-hybridized carbons (Fsp3) is 0.600. The molecule has 0 spiro atoms. The van der Waals surface area contributed by atoms with Crippen LogP contribution >= 0.6 is 11.6 Å². The predicted molar refractivity (Wildman–Crippen MR) is 126 cm³/mol. The number of carbonyl (C=O) groups is 1. The molecule has 1 saturated heterocycles. The van der Waals surface area contributed by atoms with Gasteiger partial charge in [0.1, 0.15) is 0 Å². The quantitative estimate of drug-likeness (QED) is 0.660. The van der Waals surface area contributed by atoms with E-state index in [1.54, 1.807) is 22.0 Å². The predicted octanol–water partition coefficient (Wildman–Crippen LogP) is 3.95. The summed E-state index contributed by atoms with van der Waals surface area (Å²) in [7, 11) is 1.84. The molecule has 1 aromatic heterocycles. The number of piperidine rings is 1. The van der Waals surface area contributed by atoms with Gasteiger partial charge in [0.05, 0.1) is 18.1 Å². The molecule has 2 aromatic rings. The standard InChI is InChI=1S/C25H33ClN4O3/c1-28-15-23(27-17-28)33-24(31)30(11-18-6-5-7-19(26)10-18)14-22-20-12-29(13-21(20)22)16-25(32)8-3-2-4-9-25/h5-7,10,15,17,20-22,32H,2-4,8-9,11-14,16H2,1H3. The molecule has 3 fully saturated rings. The number of rotatable bonds is 7. The molecule has 1 aromatic carbocycles. The van der Waals surface area contributed by atoms with E-state index in [-0.39, 0.29) is 6.09 Å². The molecule has 8 heteroatoms. The SMILES string of the molecule is Cn1cnc(OC(=O)N(Cc2cccc(Cl)c2)CC2C3CN(CC4(O)CCCCC4)CC32)c1. The van der Waals surface area contributed by atoms with Gasteiger partial charge >= 0.3 is 6.09 Å². The number of amides is 1. The summed E-state index contributed by atoms with van der Waals surface area (Å²) in [4.78, 5) is 21.4. The number of benzene rings is 1. The highest BCUT2D eigenvalue weighted by atomic mass is 35.5. The van der Waals surface area contributed by atoms with Gasteiger partial charge in [0.15, 0.2) is 0 Å². The number of aryl methyl sites for hydroxylation is 1. The summed E-state index contributed by atoms with van der Waals surface area (Å²) in [6.45, 7) is 3.92. The van der Waals surface area contributed by atoms with Crippen molar-refractivity contribution in [2.45, 2.75) is 44.2 Å².